The van der Waals surface area contributed by atoms with E-state index in [4.69, 9.17) is 0 Å². The lowest BCUT2D eigenvalue weighted by molar-refractivity contribution is -0.130. The van der Waals surface area contributed by atoms with Gasteiger partial charge in [0, 0.05) is 19.0 Å². The molecule has 0 aliphatic heterocycles. The van der Waals surface area contributed by atoms with Crippen molar-refractivity contribution in [2.45, 2.75) is 13.0 Å². The van der Waals surface area contributed by atoms with Crippen LogP contribution in [0.25, 0.3) is 0 Å². The van der Waals surface area contributed by atoms with E-state index < -0.39 is 0 Å². The monoisotopic (exact) mass is 359 g/mol. The molecule has 0 aliphatic carbocycles. The van der Waals surface area contributed by atoms with Gasteiger partial charge in [0.15, 0.2) is 0 Å². The number of hydrogen-bond acceptors (Lipinski definition) is 4. The van der Waals surface area contributed by atoms with Gasteiger partial charge in [0.05, 0.1) is 19.1 Å². The van der Waals surface area contributed by atoms with E-state index in [1.807, 2.05) is 48.7 Å². The van der Waals surface area contributed by atoms with E-state index in [-0.39, 0.29) is 30.9 Å². The number of carbonyl (C=O) groups excluding carboxylic acids is 2. The molecule has 1 heterocycles. The number of thiophene rings is 1. The molecule has 2 rings (SSSR count). The zero-order valence-electron chi connectivity index (χ0n) is 15.2. The molecule has 0 aliphatic rings. The number of amides is 2. The first-order valence-electron chi connectivity index (χ1n) is 8.15. The molecule has 1 N–H and O–H groups in total. The third-order valence-electron chi connectivity index (χ3n) is 3.86. The molecule has 5 nitrogen and oxygen atoms in total. The van der Waals surface area contributed by atoms with Crippen LogP contribution in [0.15, 0.2) is 41.8 Å². The van der Waals surface area contributed by atoms with Crippen molar-refractivity contribution in [3.8, 4) is 0 Å². The lowest BCUT2D eigenvalue weighted by Gasteiger charge is -2.22. The zero-order chi connectivity index (χ0) is 18.4. The molecule has 25 heavy (non-hydrogen) atoms. The fourth-order valence-corrected chi connectivity index (χ4v) is 3.22. The third-order valence-corrected chi connectivity index (χ3v) is 4.80. The average Bonchev–Trinajstić information content (AvgIpc) is 3.07. The maximum Gasteiger partial charge on any atom is 0.236 e. The van der Waals surface area contributed by atoms with Gasteiger partial charge in [-0.25, -0.2) is 0 Å². The van der Waals surface area contributed by atoms with Gasteiger partial charge in [-0.15, -0.1) is 11.3 Å². The fourth-order valence-electron chi connectivity index (χ4n) is 2.41. The highest BCUT2D eigenvalue weighted by Crippen LogP contribution is 2.26. The van der Waals surface area contributed by atoms with Gasteiger partial charge in [0.1, 0.15) is 0 Å². The summed E-state index contributed by atoms with van der Waals surface area (Å²) in [6.45, 7) is 2.43. The summed E-state index contributed by atoms with van der Waals surface area (Å²) in [6, 6.07) is 12.0. The van der Waals surface area contributed by atoms with E-state index >= 15 is 0 Å². The van der Waals surface area contributed by atoms with Crippen molar-refractivity contribution in [3.05, 3.63) is 57.8 Å². The molecule has 0 saturated heterocycles. The molecule has 1 aromatic heterocycles. The van der Waals surface area contributed by atoms with Gasteiger partial charge in [-0.1, -0.05) is 35.9 Å². The van der Waals surface area contributed by atoms with Crippen LogP contribution in [0, 0.1) is 6.92 Å². The van der Waals surface area contributed by atoms with Crippen LogP contribution in [-0.2, 0) is 9.59 Å². The number of carbonyl (C=O) groups is 2. The van der Waals surface area contributed by atoms with Crippen molar-refractivity contribution in [1.82, 2.24) is 15.1 Å². The first-order chi connectivity index (χ1) is 11.9. The molecular weight excluding hydrogens is 334 g/mol. The van der Waals surface area contributed by atoms with Crippen LogP contribution in [0.1, 0.15) is 22.0 Å². The lowest BCUT2D eigenvalue weighted by atomic mass is 10.0. The van der Waals surface area contributed by atoms with Crippen molar-refractivity contribution in [1.29, 1.82) is 0 Å². The topological polar surface area (TPSA) is 52.7 Å². The Labute approximate surface area is 153 Å². The number of rotatable bonds is 7. The molecule has 1 atom stereocenters. The standard InChI is InChI=1S/C19H25N3O2S/c1-14-7-9-15(10-8-14)19(16-6-5-11-25-16)20-17(23)12-22(4)13-18(24)21(2)3/h5-11,19H,12-13H2,1-4H3,(H,20,23)/t19-/m0/s1. The predicted molar refractivity (Wildman–Crippen MR) is 102 cm³/mol. The minimum absolute atomic E-state index is 0.0244. The van der Waals surface area contributed by atoms with Crippen LogP contribution in [0.3, 0.4) is 0 Å². The Morgan fingerprint density at radius 2 is 1.76 bits per heavy atom. The molecule has 2 aromatic rings. The molecule has 0 bridgehead atoms. The molecule has 0 spiro atoms. The number of nitrogens with one attached hydrogen (secondary N) is 1. The Morgan fingerprint density at radius 3 is 2.32 bits per heavy atom. The Kier molecular flexibility index (Phi) is 6.73. The van der Waals surface area contributed by atoms with E-state index in [1.165, 1.54) is 10.5 Å². The summed E-state index contributed by atoms with van der Waals surface area (Å²) in [7, 11) is 5.19. The Balaban J connectivity index is 2.05. The van der Waals surface area contributed by atoms with E-state index in [9.17, 15) is 9.59 Å². The smallest absolute Gasteiger partial charge is 0.236 e. The first-order valence-corrected chi connectivity index (χ1v) is 9.03. The van der Waals surface area contributed by atoms with Crippen LogP contribution >= 0.6 is 11.3 Å². The van der Waals surface area contributed by atoms with E-state index in [2.05, 4.69) is 5.32 Å². The van der Waals surface area contributed by atoms with E-state index in [1.54, 1.807) is 37.4 Å². The Hall–Kier alpha value is -2.18. The number of likely N-dealkylation sites (N-methyl/N-ethyl adjacent to an activating group) is 2. The second kappa shape index (κ2) is 8.78. The molecule has 0 saturated carbocycles. The zero-order valence-corrected chi connectivity index (χ0v) is 16.0. The predicted octanol–water partition coefficient (Wildman–Crippen LogP) is 2.28. The minimum Gasteiger partial charge on any atom is -0.348 e. The molecule has 0 fully saturated rings. The molecule has 6 heteroatoms. The van der Waals surface area contributed by atoms with Crippen molar-refractivity contribution >= 4 is 23.2 Å². The summed E-state index contributed by atoms with van der Waals surface area (Å²) in [5.41, 5.74) is 2.23. The van der Waals surface area contributed by atoms with E-state index in [0.29, 0.717) is 0 Å². The molecule has 134 valence electrons. The molecule has 2 amide bonds. The van der Waals surface area contributed by atoms with Gasteiger partial charge in [0.25, 0.3) is 0 Å². The second-order valence-electron chi connectivity index (χ2n) is 6.39. The summed E-state index contributed by atoms with van der Waals surface area (Å²) < 4.78 is 0. The first kappa shape index (κ1) is 19.1. The minimum atomic E-state index is -0.175. The molecule has 1 aromatic carbocycles. The van der Waals surface area contributed by atoms with Crippen molar-refractivity contribution in [3.63, 3.8) is 0 Å². The number of nitrogens with zero attached hydrogens (tertiary/aromatic N) is 2. The molecule has 0 radical (unpaired) electrons. The normalized spacial score (nSPS) is 12.0. The van der Waals surface area contributed by atoms with Crippen LogP contribution in [0.5, 0.6) is 0 Å². The highest BCUT2D eigenvalue weighted by molar-refractivity contribution is 7.10. The quantitative estimate of drug-likeness (QED) is 0.825. The summed E-state index contributed by atoms with van der Waals surface area (Å²) in [4.78, 5) is 28.6. The molecule has 0 unspecified atom stereocenters. The highest BCUT2D eigenvalue weighted by atomic mass is 32.1. The highest BCUT2D eigenvalue weighted by Gasteiger charge is 2.19. The van der Waals surface area contributed by atoms with Crippen LogP contribution in [0.2, 0.25) is 0 Å². The van der Waals surface area contributed by atoms with Gasteiger partial charge in [0.2, 0.25) is 11.8 Å². The lowest BCUT2D eigenvalue weighted by Crippen LogP contribution is -2.41. The van der Waals surface area contributed by atoms with Gasteiger partial charge in [-0.05, 0) is 31.0 Å². The summed E-state index contributed by atoms with van der Waals surface area (Å²) in [5, 5.41) is 5.10. The third kappa shape index (κ3) is 5.69. The number of benzene rings is 1. The van der Waals surface area contributed by atoms with Crippen LogP contribution in [-0.4, -0.2) is 55.8 Å². The summed E-state index contributed by atoms with van der Waals surface area (Å²) in [6.07, 6.45) is 0. The van der Waals surface area contributed by atoms with Gasteiger partial charge < -0.3 is 10.2 Å². The Bertz CT molecular complexity index is 696. The second-order valence-corrected chi connectivity index (χ2v) is 7.37. The maximum atomic E-state index is 12.5. The van der Waals surface area contributed by atoms with Crippen molar-refractivity contribution < 1.29 is 9.59 Å². The van der Waals surface area contributed by atoms with E-state index in [0.717, 1.165) is 10.4 Å². The van der Waals surface area contributed by atoms with Gasteiger partial charge >= 0.3 is 0 Å². The summed E-state index contributed by atoms with van der Waals surface area (Å²) in [5.74, 6) is -0.128. The van der Waals surface area contributed by atoms with Crippen LogP contribution < -0.4 is 5.32 Å². The number of aryl methyl sites for hydroxylation is 1. The van der Waals surface area contributed by atoms with Gasteiger partial charge in [-0.2, -0.15) is 0 Å². The van der Waals surface area contributed by atoms with Crippen molar-refractivity contribution in [2.75, 3.05) is 34.2 Å². The van der Waals surface area contributed by atoms with Crippen molar-refractivity contribution in [2.24, 2.45) is 0 Å². The number of hydrogen-bond donors (Lipinski definition) is 1. The maximum absolute atomic E-state index is 12.5. The molecular formula is C19H25N3O2S. The SMILES string of the molecule is Cc1ccc([C@H](NC(=O)CN(C)CC(=O)N(C)C)c2cccs2)cc1. The largest absolute Gasteiger partial charge is 0.348 e. The average molecular weight is 359 g/mol. The van der Waals surface area contributed by atoms with Gasteiger partial charge in [-0.3, -0.25) is 14.5 Å². The summed E-state index contributed by atoms with van der Waals surface area (Å²) >= 11 is 1.62. The van der Waals surface area contributed by atoms with Crippen LogP contribution in [0.4, 0.5) is 0 Å². The Morgan fingerprint density at radius 1 is 1.08 bits per heavy atom. The fraction of sp³-hybridized carbons (Fsp3) is 0.368.